The molecule has 0 saturated heterocycles. The maximum Gasteiger partial charge on any atom is 0.159 e. The van der Waals surface area contributed by atoms with E-state index in [1.807, 2.05) is 0 Å². The summed E-state index contributed by atoms with van der Waals surface area (Å²) in [6, 6.07) is 59.3. The van der Waals surface area contributed by atoms with Gasteiger partial charge in [-0.05, 0) is 71.5 Å². The molecule has 0 saturated carbocycles. The predicted molar refractivity (Wildman–Crippen MR) is 220 cm³/mol. The number of allylic oxidation sites excluding steroid dienone is 1. The lowest BCUT2D eigenvalue weighted by atomic mass is 9.96. The van der Waals surface area contributed by atoms with Crippen LogP contribution in [0.2, 0.25) is 0 Å². The molecule has 3 heterocycles. The van der Waals surface area contributed by atoms with Gasteiger partial charge >= 0.3 is 0 Å². The first kappa shape index (κ1) is 30.0. The van der Waals surface area contributed by atoms with Crippen molar-refractivity contribution >= 4 is 55.3 Å². The number of rotatable bonds is 5. The number of nitrogens with zero attached hydrogens (tertiary/aromatic N) is 3. The van der Waals surface area contributed by atoms with E-state index in [9.17, 15) is 0 Å². The van der Waals surface area contributed by atoms with Crippen LogP contribution in [-0.4, -0.2) is 22.5 Å². The summed E-state index contributed by atoms with van der Waals surface area (Å²) in [5, 5.41) is 4.68. The molecule has 0 amide bonds. The Morgan fingerprint density at radius 3 is 2.15 bits per heavy atom. The molecule has 4 nitrogen and oxygen atoms in total. The summed E-state index contributed by atoms with van der Waals surface area (Å²) in [4.78, 5) is 7.71. The van der Waals surface area contributed by atoms with Crippen molar-refractivity contribution < 1.29 is 4.42 Å². The van der Waals surface area contributed by atoms with Crippen LogP contribution in [0.3, 0.4) is 0 Å². The summed E-state index contributed by atoms with van der Waals surface area (Å²) in [5.74, 6) is 1.04. The fourth-order valence-electron chi connectivity index (χ4n) is 8.78. The Bertz CT molecular complexity index is 2900. The van der Waals surface area contributed by atoms with Gasteiger partial charge in [-0.25, -0.2) is 0 Å². The van der Waals surface area contributed by atoms with Crippen LogP contribution in [-0.2, 0) is 0 Å². The first-order chi connectivity index (χ1) is 26.3. The third-order valence-electron chi connectivity index (χ3n) is 11.2. The lowest BCUT2D eigenvalue weighted by molar-refractivity contribution is 0.567. The van der Waals surface area contributed by atoms with Crippen molar-refractivity contribution in [3.63, 3.8) is 0 Å². The Kier molecular flexibility index (Phi) is 6.78. The molecule has 0 N–H and O–H groups in total. The highest BCUT2D eigenvalue weighted by molar-refractivity contribution is 6.17. The van der Waals surface area contributed by atoms with E-state index in [4.69, 9.17) is 9.41 Å². The first-order valence-corrected chi connectivity index (χ1v) is 18.5. The van der Waals surface area contributed by atoms with Crippen LogP contribution in [0.4, 0.5) is 5.69 Å². The average Bonchev–Trinajstić information content (AvgIpc) is 3.91. The van der Waals surface area contributed by atoms with Crippen LogP contribution in [0, 0.1) is 0 Å². The van der Waals surface area contributed by atoms with Gasteiger partial charge in [0.15, 0.2) is 5.58 Å². The monoisotopic (exact) mass is 681 g/mol. The molecule has 0 radical (unpaired) electrons. The topological polar surface area (TPSA) is 33.7 Å². The molecule has 2 unspecified atom stereocenters. The number of aliphatic imine (C=N–C) groups is 1. The molecule has 252 valence electrons. The van der Waals surface area contributed by atoms with Crippen LogP contribution in [0.1, 0.15) is 18.4 Å². The molecule has 9 aromatic rings. The molecule has 2 aliphatic rings. The molecular weight excluding hydrogens is 647 g/mol. The Hall–Kier alpha value is -6.65. The van der Waals surface area contributed by atoms with Crippen molar-refractivity contribution in [1.29, 1.82) is 0 Å². The summed E-state index contributed by atoms with van der Waals surface area (Å²) in [6.45, 7) is 0. The van der Waals surface area contributed by atoms with Gasteiger partial charge in [0.1, 0.15) is 11.4 Å². The highest BCUT2D eigenvalue weighted by Crippen LogP contribution is 2.42. The van der Waals surface area contributed by atoms with Gasteiger partial charge in [-0.2, -0.15) is 0 Å². The largest absolute Gasteiger partial charge is 0.454 e. The zero-order chi connectivity index (χ0) is 34.9. The van der Waals surface area contributed by atoms with Crippen LogP contribution in [0.15, 0.2) is 185 Å². The number of fused-ring (bicyclic) bond motifs is 7. The molecular formula is C49H35N3O. The molecule has 1 aliphatic heterocycles. The van der Waals surface area contributed by atoms with Crippen LogP contribution < -0.4 is 4.90 Å². The number of hydrogen-bond donors (Lipinski definition) is 0. The van der Waals surface area contributed by atoms with E-state index in [-0.39, 0.29) is 6.04 Å². The van der Waals surface area contributed by atoms with E-state index >= 15 is 0 Å². The van der Waals surface area contributed by atoms with E-state index in [1.54, 1.807) is 0 Å². The van der Waals surface area contributed by atoms with Crippen molar-refractivity contribution in [2.75, 3.05) is 4.90 Å². The molecule has 2 aromatic heterocycles. The maximum absolute atomic E-state index is 6.85. The number of hydrogen-bond acceptors (Lipinski definition) is 3. The SMILES string of the molecule is C1=CC2N=C(c3ccc(-c4cccc5oc6c(-n7c8ccccc8c8ccc(-c9ccccc9)cc87)cccc6c45)cc3)N(c3ccccc3)C2CC1. The molecule has 53 heavy (non-hydrogen) atoms. The van der Waals surface area contributed by atoms with Gasteiger partial charge in [0.05, 0.1) is 28.8 Å². The molecule has 11 rings (SSSR count). The van der Waals surface area contributed by atoms with Gasteiger partial charge in [-0.15, -0.1) is 0 Å². The Morgan fingerprint density at radius 1 is 0.566 bits per heavy atom. The predicted octanol–water partition coefficient (Wildman–Crippen LogP) is 12.4. The number of furan rings is 1. The highest BCUT2D eigenvalue weighted by atomic mass is 16.3. The second-order valence-electron chi connectivity index (χ2n) is 14.2. The summed E-state index contributed by atoms with van der Waals surface area (Å²) in [5.41, 5.74) is 12.1. The van der Waals surface area contributed by atoms with E-state index in [0.29, 0.717) is 6.04 Å². The van der Waals surface area contributed by atoms with Crippen molar-refractivity contribution in [2.24, 2.45) is 4.99 Å². The summed E-state index contributed by atoms with van der Waals surface area (Å²) in [7, 11) is 0. The van der Waals surface area contributed by atoms with Gasteiger partial charge < -0.3 is 13.9 Å². The number of benzene rings is 7. The van der Waals surface area contributed by atoms with Crippen molar-refractivity contribution in [3.8, 4) is 27.9 Å². The maximum atomic E-state index is 6.85. The number of anilines is 1. The molecule has 0 fully saturated rings. The minimum Gasteiger partial charge on any atom is -0.454 e. The van der Waals surface area contributed by atoms with Crippen molar-refractivity contribution in [3.05, 3.63) is 182 Å². The van der Waals surface area contributed by atoms with Crippen molar-refractivity contribution in [2.45, 2.75) is 24.9 Å². The van der Waals surface area contributed by atoms with Crippen LogP contribution in [0.5, 0.6) is 0 Å². The van der Waals surface area contributed by atoms with E-state index in [2.05, 4.69) is 185 Å². The third-order valence-corrected chi connectivity index (χ3v) is 11.2. The van der Waals surface area contributed by atoms with Gasteiger partial charge in [-0.1, -0.05) is 140 Å². The zero-order valence-corrected chi connectivity index (χ0v) is 29.1. The number of amidine groups is 1. The minimum absolute atomic E-state index is 0.179. The van der Waals surface area contributed by atoms with E-state index < -0.39 is 0 Å². The lowest BCUT2D eigenvalue weighted by Gasteiger charge is -2.31. The second-order valence-corrected chi connectivity index (χ2v) is 14.2. The number of aromatic nitrogens is 1. The molecule has 2 atom stereocenters. The standard InChI is InChI=1S/C49H35N3O/c1-3-13-32(14-4-1)35-29-30-39-38-17-7-9-21-42(38)52(45(39)31-35)44-23-11-19-40-47-37(18-12-24-46(47)53-48(40)44)33-25-27-34(28-26-33)49-50-41-20-8-10-22-43(41)51(49)36-15-5-2-6-16-36/h1-9,11-21,23-31,41,43H,10,22H2. The number of para-hydroxylation sites is 3. The Balaban J connectivity index is 1.05. The fourth-order valence-corrected chi connectivity index (χ4v) is 8.78. The zero-order valence-electron chi connectivity index (χ0n) is 29.1. The van der Waals surface area contributed by atoms with Gasteiger partial charge in [0, 0.05) is 32.8 Å². The average molecular weight is 682 g/mol. The lowest BCUT2D eigenvalue weighted by Crippen LogP contribution is -2.40. The molecule has 0 bridgehead atoms. The third kappa shape index (κ3) is 4.72. The quantitative estimate of drug-likeness (QED) is 0.169. The summed E-state index contributed by atoms with van der Waals surface area (Å²) < 4.78 is 9.23. The summed E-state index contributed by atoms with van der Waals surface area (Å²) >= 11 is 0. The second kappa shape index (κ2) is 12.0. The highest BCUT2D eigenvalue weighted by Gasteiger charge is 2.37. The van der Waals surface area contributed by atoms with E-state index in [0.717, 1.165) is 74.0 Å². The Labute approximate surface area is 307 Å². The van der Waals surface area contributed by atoms with Gasteiger partial charge in [0.2, 0.25) is 0 Å². The van der Waals surface area contributed by atoms with E-state index in [1.165, 1.54) is 27.6 Å². The van der Waals surface area contributed by atoms with Crippen LogP contribution >= 0.6 is 0 Å². The minimum atomic E-state index is 0.179. The molecule has 4 heteroatoms. The van der Waals surface area contributed by atoms with Crippen molar-refractivity contribution in [1.82, 2.24) is 4.57 Å². The molecule has 7 aromatic carbocycles. The first-order valence-electron chi connectivity index (χ1n) is 18.5. The Morgan fingerprint density at radius 2 is 1.28 bits per heavy atom. The van der Waals surface area contributed by atoms with Gasteiger partial charge in [0.25, 0.3) is 0 Å². The van der Waals surface area contributed by atoms with Crippen LogP contribution in [0.25, 0.3) is 71.7 Å². The smallest absolute Gasteiger partial charge is 0.159 e. The fraction of sp³-hybridized carbons (Fsp3) is 0.0816. The molecule has 0 spiro atoms. The van der Waals surface area contributed by atoms with Gasteiger partial charge in [-0.3, -0.25) is 4.99 Å². The molecule has 1 aliphatic carbocycles. The normalized spacial score (nSPS) is 16.9. The summed E-state index contributed by atoms with van der Waals surface area (Å²) in [6.07, 6.45) is 6.75.